The minimum absolute atomic E-state index is 0.212. The number of piperidine rings is 1. The van der Waals surface area contributed by atoms with Gasteiger partial charge in [-0.2, -0.15) is 0 Å². The van der Waals surface area contributed by atoms with Gasteiger partial charge in [0.05, 0.1) is 0 Å². The summed E-state index contributed by atoms with van der Waals surface area (Å²) in [7, 11) is 2.16. The van der Waals surface area contributed by atoms with Crippen molar-refractivity contribution in [1.29, 1.82) is 0 Å². The molecule has 1 aromatic rings. The van der Waals surface area contributed by atoms with Crippen LogP contribution in [0.4, 0.5) is 11.6 Å². The number of likely N-dealkylation sites (N-methyl/N-ethyl adjacent to an activating group) is 1. The van der Waals surface area contributed by atoms with Crippen LogP contribution in [-0.2, 0) is 0 Å². The first-order chi connectivity index (χ1) is 9.17. The minimum Gasteiger partial charge on any atom is -0.366 e. The highest BCUT2D eigenvalue weighted by atomic mass is 15.2. The molecule has 4 N–H and O–H groups in total. The van der Waals surface area contributed by atoms with Gasteiger partial charge in [0.1, 0.15) is 18.0 Å². The van der Waals surface area contributed by atoms with Crippen LogP contribution >= 0.6 is 0 Å². The van der Waals surface area contributed by atoms with Gasteiger partial charge >= 0.3 is 0 Å². The molecular weight excluding hydrogens is 240 g/mol. The van der Waals surface area contributed by atoms with Crippen LogP contribution in [0.5, 0.6) is 0 Å². The summed E-state index contributed by atoms with van der Waals surface area (Å²) in [6.07, 6.45) is 4.01. The lowest BCUT2D eigenvalue weighted by molar-refractivity contribution is 0.261. The smallest absolute Gasteiger partial charge is 0.131 e. The largest absolute Gasteiger partial charge is 0.366 e. The van der Waals surface area contributed by atoms with Gasteiger partial charge in [-0.05, 0) is 33.4 Å². The number of nitrogens with one attached hydrogen (secondary N) is 2. The van der Waals surface area contributed by atoms with Gasteiger partial charge in [-0.15, -0.1) is 0 Å². The summed E-state index contributed by atoms with van der Waals surface area (Å²) in [5, 5.41) is 6.73. The Bertz CT molecular complexity index is 396. The molecule has 0 amide bonds. The van der Waals surface area contributed by atoms with Crippen molar-refractivity contribution in [1.82, 2.24) is 14.9 Å². The molecule has 0 saturated carbocycles. The van der Waals surface area contributed by atoms with Crippen LogP contribution in [0, 0.1) is 0 Å². The lowest BCUT2D eigenvalue weighted by Gasteiger charge is -2.30. The number of hydrogen-bond donors (Lipinski definition) is 3. The van der Waals surface area contributed by atoms with Crippen molar-refractivity contribution in [2.24, 2.45) is 5.73 Å². The summed E-state index contributed by atoms with van der Waals surface area (Å²) >= 11 is 0. The van der Waals surface area contributed by atoms with Gasteiger partial charge in [0, 0.05) is 31.2 Å². The predicted octanol–water partition coefficient (Wildman–Crippen LogP) is 0.742. The van der Waals surface area contributed by atoms with Crippen LogP contribution in [0.1, 0.15) is 19.8 Å². The van der Waals surface area contributed by atoms with Crippen LogP contribution in [0.3, 0.4) is 0 Å². The molecule has 1 fully saturated rings. The van der Waals surface area contributed by atoms with Crippen molar-refractivity contribution in [3.05, 3.63) is 12.4 Å². The molecule has 0 aliphatic carbocycles. The zero-order valence-electron chi connectivity index (χ0n) is 11.8. The molecule has 1 saturated heterocycles. The zero-order valence-corrected chi connectivity index (χ0v) is 11.8. The van der Waals surface area contributed by atoms with Crippen molar-refractivity contribution in [2.75, 3.05) is 37.3 Å². The first-order valence-corrected chi connectivity index (χ1v) is 6.91. The van der Waals surface area contributed by atoms with E-state index in [4.69, 9.17) is 5.73 Å². The van der Waals surface area contributed by atoms with E-state index in [0.717, 1.165) is 18.2 Å². The number of rotatable bonds is 5. The van der Waals surface area contributed by atoms with Gasteiger partial charge in [0.15, 0.2) is 0 Å². The Hall–Kier alpha value is -1.40. The first-order valence-electron chi connectivity index (χ1n) is 6.91. The lowest BCUT2D eigenvalue weighted by Crippen LogP contribution is -2.39. The summed E-state index contributed by atoms with van der Waals surface area (Å²) in [4.78, 5) is 10.8. The Labute approximate surface area is 114 Å². The molecule has 2 heterocycles. The molecule has 1 aromatic heterocycles. The summed E-state index contributed by atoms with van der Waals surface area (Å²) in [6, 6.07) is 2.62. The average Bonchev–Trinajstić information content (AvgIpc) is 2.39. The summed E-state index contributed by atoms with van der Waals surface area (Å²) < 4.78 is 0. The second-order valence-electron chi connectivity index (χ2n) is 5.32. The molecule has 0 bridgehead atoms. The Balaban J connectivity index is 1.94. The SMILES string of the molecule is CC(CN)Nc1cc(NC2CCCN(C)C2)ncn1. The zero-order chi connectivity index (χ0) is 13.7. The minimum atomic E-state index is 0.212. The number of hydrogen-bond acceptors (Lipinski definition) is 6. The number of nitrogens with zero attached hydrogens (tertiary/aromatic N) is 3. The molecule has 6 nitrogen and oxygen atoms in total. The van der Waals surface area contributed by atoms with E-state index in [1.165, 1.54) is 19.4 Å². The van der Waals surface area contributed by atoms with E-state index in [9.17, 15) is 0 Å². The van der Waals surface area contributed by atoms with Crippen molar-refractivity contribution in [2.45, 2.75) is 31.8 Å². The fraction of sp³-hybridized carbons (Fsp3) is 0.692. The third kappa shape index (κ3) is 4.33. The maximum atomic E-state index is 5.60. The van der Waals surface area contributed by atoms with Crippen molar-refractivity contribution < 1.29 is 0 Å². The maximum Gasteiger partial charge on any atom is 0.131 e. The van der Waals surface area contributed by atoms with Crippen LogP contribution in [0.15, 0.2) is 12.4 Å². The molecular formula is C13H24N6. The summed E-state index contributed by atoms with van der Waals surface area (Å²) in [6.45, 7) is 4.86. The lowest BCUT2D eigenvalue weighted by atomic mass is 10.1. The number of nitrogens with two attached hydrogens (primary N) is 1. The summed E-state index contributed by atoms with van der Waals surface area (Å²) in [5.74, 6) is 1.70. The van der Waals surface area contributed by atoms with Gasteiger partial charge in [0.25, 0.3) is 0 Å². The second kappa shape index (κ2) is 6.68. The van der Waals surface area contributed by atoms with Crippen LogP contribution in [0.25, 0.3) is 0 Å². The van der Waals surface area contributed by atoms with Crippen LogP contribution < -0.4 is 16.4 Å². The Kier molecular flexibility index (Phi) is 4.93. The van der Waals surface area contributed by atoms with Crippen molar-refractivity contribution in [3.8, 4) is 0 Å². The highest BCUT2D eigenvalue weighted by Gasteiger charge is 2.17. The normalized spacial score (nSPS) is 21.9. The number of anilines is 2. The van der Waals surface area contributed by atoms with E-state index in [2.05, 4.69) is 32.5 Å². The van der Waals surface area contributed by atoms with E-state index in [-0.39, 0.29) is 6.04 Å². The molecule has 1 aliphatic heterocycles. The highest BCUT2D eigenvalue weighted by molar-refractivity contribution is 5.47. The fourth-order valence-corrected chi connectivity index (χ4v) is 2.32. The molecule has 19 heavy (non-hydrogen) atoms. The third-order valence-corrected chi connectivity index (χ3v) is 3.39. The fourth-order valence-electron chi connectivity index (χ4n) is 2.32. The average molecular weight is 264 g/mol. The maximum absolute atomic E-state index is 5.60. The van der Waals surface area contributed by atoms with Crippen LogP contribution in [-0.4, -0.2) is 53.6 Å². The Morgan fingerprint density at radius 1 is 1.47 bits per heavy atom. The topological polar surface area (TPSA) is 79.1 Å². The van der Waals surface area contributed by atoms with E-state index in [0.29, 0.717) is 12.6 Å². The molecule has 2 atom stereocenters. The third-order valence-electron chi connectivity index (χ3n) is 3.39. The Morgan fingerprint density at radius 2 is 2.26 bits per heavy atom. The number of likely N-dealkylation sites (tertiary alicyclic amines) is 1. The molecule has 0 aromatic carbocycles. The van der Waals surface area contributed by atoms with E-state index in [1.54, 1.807) is 6.33 Å². The Morgan fingerprint density at radius 3 is 3.00 bits per heavy atom. The van der Waals surface area contributed by atoms with Crippen LogP contribution in [0.2, 0.25) is 0 Å². The summed E-state index contributed by atoms with van der Waals surface area (Å²) in [5.41, 5.74) is 5.60. The van der Waals surface area contributed by atoms with E-state index >= 15 is 0 Å². The molecule has 1 aliphatic rings. The molecule has 0 spiro atoms. The van der Waals surface area contributed by atoms with Crippen molar-refractivity contribution in [3.63, 3.8) is 0 Å². The molecule has 2 rings (SSSR count). The van der Waals surface area contributed by atoms with Gasteiger partial charge in [-0.1, -0.05) is 0 Å². The van der Waals surface area contributed by atoms with E-state index < -0.39 is 0 Å². The van der Waals surface area contributed by atoms with Gasteiger partial charge < -0.3 is 21.3 Å². The molecule has 0 radical (unpaired) electrons. The van der Waals surface area contributed by atoms with Crippen molar-refractivity contribution >= 4 is 11.6 Å². The highest BCUT2D eigenvalue weighted by Crippen LogP contribution is 2.15. The quantitative estimate of drug-likeness (QED) is 0.728. The van der Waals surface area contributed by atoms with Gasteiger partial charge in [0.2, 0.25) is 0 Å². The number of aromatic nitrogens is 2. The standard InChI is InChI=1S/C13H24N6/c1-10(7-14)17-12-6-13(16-9-15-12)18-11-4-3-5-19(2)8-11/h6,9-11H,3-5,7-8,14H2,1-2H3,(H2,15,16,17,18). The molecule has 2 unspecified atom stereocenters. The first kappa shape index (κ1) is 14.0. The monoisotopic (exact) mass is 264 g/mol. The molecule has 106 valence electrons. The van der Waals surface area contributed by atoms with Gasteiger partial charge in [-0.3, -0.25) is 0 Å². The second-order valence-corrected chi connectivity index (χ2v) is 5.32. The predicted molar refractivity (Wildman–Crippen MR) is 78.3 cm³/mol. The van der Waals surface area contributed by atoms with E-state index in [1.807, 2.05) is 13.0 Å². The molecule has 6 heteroatoms. The van der Waals surface area contributed by atoms with Gasteiger partial charge in [-0.25, -0.2) is 9.97 Å².